The first-order valence-electron chi connectivity index (χ1n) is 7.74. The van der Waals surface area contributed by atoms with Gasteiger partial charge in [-0.2, -0.15) is 5.26 Å². The number of ether oxygens (including phenoxy) is 1. The molecular formula is C19H22N2O2. The summed E-state index contributed by atoms with van der Waals surface area (Å²) in [7, 11) is 0. The van der Waals surface area contributed by atoms with Crippen molar-refractivity contribution in [2.24, 2.45) is 0 Å². The third kappa shape index (κ3) is 5.74. The molecule has 2 atom stereocenters. The van der Waals surface area contributed by atoms with Gasteiger partial charge in [-0.15, -0.1) is 0 Å². The van der Waals surface area contributed by atoms with Crippen LogP contribution in [-0.2, 0) is 6.42 Å². The highest BCUT2D eigenvalue weighted by molar-refractivity contribution is 5.29. The number of hydrogen-bond donors (Lipinski definition) is 2. The Hall–Kier alpha value is -2.35. The first kappa shape index (κ1) is 17.0. The van der Waals surface area contributed by atoms with Gasteiger partial charge in [0.05, 0.1) is 6.10 Å². The SMILES string of the molecule is CC(NCC(O)Cc1ccccc1)c1ccc(OCC#N)cc1. The van der Waals surface area contributed by atoms with Crippen LogP contribution < -0.4 is 10.1 Å². The van der Waals surface area contributed by atoms with Crippen molar-refractivity contribution in [2.75, 3.05) is 13.2 Å². The summed E-state index contributed by atoms with van der Waals surface area (Å²) in [5.41, 5.74) is 2.25. The predicted octanol–water partition coefficient (Wildman–Crippen LogP) is 2.84. The zero-order valence-electron chi connectivity index (χ0n) is 13.3. The van der Waals surface area contributed by atoms with Gasteiger partial charge in [-0.3, -0.25) is 0 Å². The van der Waals surface area contributed by atoms with Gasteiger partial charge in [-0.25, -0.2) is 0 Å². The lowest BCUT2D eigenvalue weighted by Crippen LogP contribution is -2.30. The molecule has 2 rings (SSSR count). The zero-order valence-corrected chi connectivity index (χ0v) is 13.3. The zero-order chi connectivity index (χ0) is 16.5. The van der Waals surface area contributed by atoms with E-state index in [9.17, 15) is 5.11 Å². The molecule has 0 aliphatic rings. The van der Waals surface area contributed by atoms with E-state index < -0.39 is 6.10 Å². The van der Waals surface area contributed by atoms with Gasteiger partial charge in [0.15, 0.2) is 6.61 Å². The Kier molecular flexibility index (Phi) is 6.61. The molecule has 0 fully saturated rings. The molecule has 0 aliphatic carbocycles. The minimum atomic E-state index is -0.418. The van der Waals surface area contributed by atoms with Crippen molar-refractivity contribution in [3.05, 3.63) is 65.7 Å². The lowest BCUT2D eigenvalue weighted by atomic mass is 10.1. The molecule has 2 aromatic carbocycles. The summed E-state index contributed by atoms with van der Waals surface area (Å²) in [4.78, 5) is 0. The maximum atomic E-state index is 10.1. The van der Waals surface area contributed by atoms with Gasteiger partial charge >= 0.3 is 0 Å². The normalized spacial score (nSPS) is 13.1. The van der Waals surface area contributed by atoms with Crippen LogP contribution in [-0.4, -0.2) is 24.4 Å². The minimum Gasteiger partial charge on any atom is -0.479 e. The number of hydrogen-bond acceptors (Lipinski definition) is 4. The molecule has 0 radical (unpaired) electrons. The van der Waals surface area contributed by atoms with Crippen molar-refractivity contribution < 1.29 is 9.84 Å². The summed E-state index contributed by atoms with van der Waals surface area (Å²) in [6.07, 6.45) is 0.222. The van der Waals surface area contributed by atoms with Crippen LogP contribution in [0.4, 0.5) is 0 Å². The number of benzene rings is 2. The van der Waals surface area contributed by atoms with Crippen LogP contribution in [0.1, 0.15) is 24.1 Å². The van der Waals surface area contributed by atoms with Crippen molar-refractivity contribution in [1.82, 2.24) is 5.32 Å². The lowest BCUT2D eigenvalue weighted by Gasteiger charge is -2.18. The molecule has 0 aromatic heterocycles. The Bertz CT molecular complexity index is 620. The molecule has 0 spiro atoms. The molecule has 2 N–H and O–H groups in total. The van der Waals surface area contributed by atoms with Crippen molar-refractivity contribution in [2.45, 2.75) is 25.5 Å². The number of nitrogens with one attached hydrogen (secondary N) is 1. The Balaban J connectivity index is 1.79. The summed E-state index contributed by atoms with van der Waals surface area (Å²) >= 11 is 0. The molecule has 4 nitrogen and oxygen atoms in total. The molecule has 120 valence electrons. The summed E-state index contributed by atoms with van der Waals surface area (Å²) < 4.78 is 5.23. The molecule has 4 heteroatoms. The number of nitrogens with zero attached hydrogens (tertiary/aromatic N) is 1. The summed E-state index contributed by atoms with van der Waals surface area (Å²) in [6, 6.07) is 19.7. The van der Waals surface area contributed by atoms with Crippen molar-refractivity contribution in [3.8, 4) is 11.8 Å². The maximum absolute atomic E-state index is 10.1. The van der Waals surface area contributed by atoms with E-state index in [0.29, 0.717) is 18.7 Å². The molecule has 0 aliphatic heterocycles. The minimum absolute atomic E-state index is 0.0544. The van der Waals surface area contributed by atoms with Crippen LogP contribution in [0.5, 0.6) is 5.75 Å². The Morgan fingerprint density at radius 2 is 1.83 bits per heavy atom. The van der Waals surface area contributed by atoms with Crippen LogP contribution in [0.2, 0.25) is 0 Å². The van der Waals surface area contributed by atoms with Gasteiger partial charge in [0.2, 0.25) is 0 Å². The van der Waals surface area contributed by atoms with Gasteiger partial charge in [0, 0.05) is 12.6 Å². The smallest absolute Gasteiger partial charge is 0.174 e. The fourth-order valence-electron chi connectivity index (χ4n) is 2.36. The van der Waals surface area contributed by atoms with Crippen LogP contribution in [0.3, 0.4) is 0 Å². The second-order valence-electron chi connectivity index (χ2n) is 5.49. The molecule has 2 unspecified atom stereocenters. The number of aliphatic hydroxyl groups is 1. The first-order chi connectivity index (χ1) is 11.2. The molecule has 23 heavy (non-hydrogen) atoms. The van der Waals surface area contributed by atoms with E-state index in [4.69, 9.17) is 10.00 Å². The standard InChI is InChI=1S/C19H22N2O2/c1-15(17-7-9-19(10-8-17)23-12-11-20)21-14-18(22)13-16-5-3-2-4-6-16/h2-10,15,18,21-22H,12-14H2,1H3. The van der Waals surface area contributed by atoms with E-state index in [1.165, 1.54) is 0 Å². The summed E-state index contributed by atoms with van der Waals surface area (Å²) in [5, 5.41) is 22.0. The molecule has 0 heterocycles. The molecule has 0 saturated carbocycles. The number of aliphatic hydroxyl groups excluding tert-OH is 1. The van der Waals surface area contributed by atoms with Gasteiger partial charge in [0.1, 0.15) is 11.8 Å². The first-order valence-corrected chi connectivity index (χ1v) is 7.74. The quantitative estimate of drug-likeness (QED) is 0.787. The third-order valence-corrected chi connectivity index (χ3v) is 3.66. The fourth-order valence-corrected chi connectivity index (χ4v) is 2.36. The van der Waals surface area contributed by atoms with Crippen LogP contribution >= 0.6 is 0 Å². The highest BCUT2D eigenvalue weighted by Crippen LogP contribution is 2.17. The Morgan fingerprint density at radius 1 is 1.13 bits per heavy atom. The Labute approximate surface area is 137 Å². The molecule has 0 amide bonds. The maximum Gasteiger partial charge on any atom is 0.174 e. The third-order valence-electron chi connectivity index (χ3n) is 3.66. The highest BCUT2D eigenvalue weighted by atomic mass is 16.5. The van der Waals surface area contributed by atoms with E-state index >= 15 is 0 Å². The molecule has 2 aromatic rings. The highest BCUT2D eigenvalue weighted by Gasteiger charge is 2.09. The van der Waals surface area contributed by atoms with Gasteiger partial charge in [-0.05, 0) is 36.6 Å². The van der Waals surface area contributed by atoms with Crippen LogP contribution in [0, 0.1) is 11.3 Å². The summed E-state index contributed by atoms with van der Waals surface area (Å²) in [5.74, 6) is 0.687. The molecular weight excluding hydrogens is 288 g/mol. The fraction of sp³-hybridized carbons (Fsp3) is 0.316. The van der Waals surface area contributed by atoms with E-state index in [1.54, 1.807) is 0 Å². The second-order valence-corrected chi connectivity index (χ2v) is 5.49. The average molecular weight is 310 g/mol. The van der Waals surface area contributed by atoms with Gasteiger partial charge in [0.25, 0.3) is 0 Å². The van der Waals surface area contributed by atoms with E-state index in [0.717, 1.165) is 11.1 Å². The van der Waals surface area contributed by atoms with E-state index in [1.807, 2.05) is 60.7 Å². The van der Waals surface area contributed by atoms with Crippen molar-refractivity contribution >= 4 is 0 Å². The lowest BCUT2D eigenvalue weighted by molar-refractivity contribution is 0.168. The number of rotatable bonds is 8. The molecule has 0 bridgehead atoms. The van der Waals surface area contributed by atoms with Crippen molar-refractivity contribution in [1.29, 1.82) is 5.26 Å². The Morgan fingerprint density at radius 3 is 2.48 bits per heavy atom. The van der Waals surface area contributed by atoms with E-state index in [2.05, 4.69) is 12.2 Å². The van der Waals surface area contributed by atoms with Crippen LogP contribution in [0.25, 0.3) is 0 Å². The average Bonchev–Trinajstić information content (AvgIpc) is 2.59. The van der Waals surface area contributed by atoms with Gasteiger partial charge in [-0.1, -0.05) is 42.5 Å². The summed E-state index contributed by atoms with van der Waals surface area (Å²) in [6.45, 7) is 2.64. The van der Waals surface area contributed by atoms with Crippen molar-refractivity contribution in [3.63, 3.8) is 0 Å². The largest absolute Gasteiger partial charge is 0.479 e. The number of nitriles is 1. The second kappa shape index (κ2) is 8.94. The van der Waals surface area contributed by atoms with E-state index in [-0.39, 0.29) is 12.6 Å². The predicted molar refractivity (Wildman–Crippen MR) is 90.1 cm³/mol. The topological polar surface area (TPSA) is 65.3 Å². The van der Waals surface area contributed by atoms with Gasteiger partial charge < -0.3 is 15.2 Å². The van der Waals surface area contributed by atoms with Crippen LogP contribution in [0.15, 0.2) is 54.6 Å². The molecule has 0 saturated heterocycles. The monoisotopic (exact) mass is 310 g/mol.